The average Bonchev–Trinajstić information content (AvgIpc) is 2.69. The molecule has 0 atom stereocenters. The second-order valence-corrected chi connectivity index (χ2v) is 5.18. The van der Waals surface area contributed by atoms with Gasteiger partial charge in [-0.2, -0.15) is 14.9 Å². The Labute approximate surface area is 118 Å². The molecule has 0 bridgehead atoms. The van der Waals surface area contributed by atoms with E-state index in [0.717, 1.165) is 5.56 Å². The third-order valence-corrected chi connectivity index (χ3v) is 3.39. The largest absolute Gasteiger partial charge is 0.506 e. The highest BCUT2D eigenvalue weighted by Gasteiger charge is 2.04. The van der Waals surface area contributed by atoms with E-state index in [4.69, 9.17) is 12.2 Å². The molecule has 2 rings (SSSR count). The van der Waals surface area contributed by atoms with Gasteiger partial charge >= 0.3 is 0 Å². The molecule has 1 aromatic carbocycles. The Morgan fingerprint density at radius 2 is 2.06 bits per heavy atom. The van der Waals surface area contributed by atoms with Crippen molar-refractivity contribution in [2.45, 2.75) is 0 Å². The number of aromatic hydroxyl groups is 1. The Hall–Kier alpha value is -0.990. The van der Waals surface area contributed by atoms with E-state index in [1.165, 1.54) is 11.0 Å². The maximum Gasteiger partial charge on any atom is 0.216 e. The number of benzene rings is 1. The van der Waals surface area contributed by atoms with E-state index in [1.807, 2.05) is 0 Å². The molecule has 5 nitrogen and oxygen atoms in total. The summed E-state index contributed by atoms with van der Waals surface area (Å²) in [6.07, 6.45) is 3.09. The predicted molar refractivity (Wildman–Crippen MR) is 73.9 cm³/mol. The lowest BCUT2D eigenvalue weighted by Crippen LogP contribution is -1.89. The van der Waals surface area contributed by atoms with Crippen LogP contribution in [0.5, 0.6) is 5.75 Å². The van der Waals surface area contributed by atoms with Gasteiger partial charge in [0.25, 0.3) is 0 Å². The molecule has 0 spiro atoms. The van der Waals surface area contributed by atoms with Gasteiger partial charge in [0.2, 0.25) is 4.77 Å². The number of phenols is 1. The lowest BCUT2D eigenvalue weighted by Gasteiger charge is -2.01. The van der Waals surface area contributed by atoms with Crippen LogP contribution >= 0.6 is 44.1 Å². The summed E-state index contributed by atoms with van der Waals surface area (Å²) in [5.74, 6) is 0.155. The predicted octanol–water partition coefficient (Wildman–Crippen LogP) is 3.05. The van der Waals surface area contributed by atoms with Gasteiger partial charge in [-0.05, 0) is 61.8 Å². The first-order chi connectivity index (χ1) is 8.08. The normalized spacial score (nSPS) is 11.2. The van der Waals surface area contributed by atoms with Crippen LogP contribution < -0.4 is 0 Å². The van der Waals surface area contributed by atoms with Crippen LogP contribution in [0.1, 0.15) is 5.56 Å². The van der Waals surface area contributed by atoms with Crippen molar-refractivity contribution in [1.82, 2.24) is 14.9 Å². The summed E-state index contributed by atoms with van der Waals surface area (Å²) >= 11 is 11.4. The van der Waals surface area contributed by atoms with Gasteiger partial charge in [0.1, 0.15) is 12.1 Å². The maximum absolute atomic E-state index is 9.55. The number of hydrogen-bond acceptors (Lipinski definition) is 4. The quantitative estimate of drug-likeness (QED) is 0.624. The van der Waals surface area contributed by atoms with Gasteiger partial charge < -0.3 is 5.11 Å². The highest BCUT2D eigenvalue weighted by atomic mass is 79.9. The Morgan fingerprint density at radius 3 is 2.59 bits per heavy atom. The van der Waals surface area contributed by atoms with Crippen LogP contribution in [-0.4, -0.2) is 26.2 Å². The van der Waals surface area contributed by atoms with Gasteiger partial charge in [-0.1, -0.05) is 0 Å². The minimum absolute atomic E-state index is 0.155. The standard InChI is InChI=1S/C9H6Br2N4OS/c10-6-1-5(2-7(11)8(6)16)3-13-15-4-12-14-9(15)17/h1-4,16H,(H,14,17)/b13-3-. The summed E-state index contributed by atoms with van der Waals surface area (Å²) < 4.78 is 3.02. The second-order valence-electron chi connectivity index (χ2n) is 3.08. The lowest BCUT2D eigenvalue weighted by atomic mass is 10.2. The van der Waals surface area contributed by atoms with E-state index in [1.54, 1.807) is 18.3 Å². The first-order valence-corrected chi connectivity index (χ1v) is 6.42. The molecule has 2 N–H and O–H groups in total. The second kappa shape index (κ2) is 5.11. The van der Waals surface area contributed by atoms with Crippen LogP contribution in [0.3, 0.4) is 0 Å². The maximum atomic E-state index is 9.55. The van der Waals surface area contributed by atoms with Crippen LogP contribution in [0.4, 0.5) is 0 Å². The summed E-state index contributed by atoms with van der Waals surface area (Å²) in [5, 5.41) is 20.0. The van der Waals surface area contributed by atoms with Crippen LogP contribution in [-0.2, 0) is 0 Å². The summed E-state index contributed by atoms with van der Waals surface area (Å²) in [6.45, 7) is 0. The number of aromatic nitrogens is 3. The zero-order valence-corrected chi connectivity index (χ0v) is 12.3. The molecule has 0 saturated heterocycles. The molecule has 2 aromatic rings. The fraction of sp³-hybridized carbons (Fsp3) is 0. The monoisotopic (exact) mass is 376 g/mol. The Kier molecular flexibility index (Phi) is 3.75. The van der Waals surface area contributed by atoms with Gasteiger partial charge in [0.05, 0.1) is 15.2 Å². The zero-order chi connectivity index (χ0) is 12.4. The van der Waals surface area contributed by atoms with E-state index in [-0.39, 0.29) is 5.75 Å². The van der Waals surface area contributed by atoms with Gasteiger partial charge in [-0.3, -0.25) is 5.10 Å². The van der Waals surface area contributed by atoms with Crippen molar-refractivity contribution in [2.24, 2.45) is 5.10 Å². The number of hydrogen-bond donors (Lipinski definition) is 2. The van der Waals surface area contributed by atoms with E-state index in [9.17, 15) is 5.11 Å². The zero-order valence-electron chi connectivity index (χ0n) is 8.26. The molecule has 0 fully saturated rings. The van der Waals surface area contributed by atoms with E-state index < -0.39 is 0 Å². The molecule has 1 aromatic heterocycles. The van der Waals surface area contributed by atoms with Crippen molar-refractivity contribution in [2.75, 3.05) is 0 Å². The number of aromatic amines is 1. The summed E-state index contributed by atoms with van der Waals surface area (Å²) in [5.41, 5.74) is 0.810. The van der Waals surface area contributed by atoms with E-state index in [0.29, 0.717) is 13.7 Å². The number of nitrogens with zero attached hydrogens (tertiary/aromatic N) is 3. The molecular weight excluding hydrogens is 372 g/mol. The van der Waals surface area contributed by atoms with Crippen molar-refractivity contribution in [3.05, 3.63) is 37.7 Å². The molecule has 0 aliphatic carbocycles. The van der Waals surface area contributed by atoms with Crippen LogP contribution in [0.2, 0.25) is 0 Å². The smallest absolute Gasteiger partial charge is 0.216 e. The van der Waals surface area contributed by atoms with Crippen LogP contribution in [0.25, 0.3) is 0 Å². The fourth-order valence-electron chi connectivity index (χ4n) is 1.11. The molecule has 8 heteroatoms. The third-order valence-electron chi connectivity index (χ3n) is 1.91. The van der Waals surface area contributed by atoms with Crippen molar-refractivity contribution < 1.29 is 5.11 Å². The molecule has 0 amide bonds. The molecule has 0 aliphatic rings. The number of phenolic OH excluding ortho intramolecular Hbond substituents is 1. The van der Waals surface area contributed by atoms with Gasteiger partial charge in [-0.15, -0.1) is 0 Å². The summed E-state index contributed by atoms with van der Waals surface area (Å²) in [4.78, 5) is 0. The van der Waals surface area contributed by atoms with Crippen molar-refractivity contribution in [3.8, 4) is 5.75 Å². The SMILES string of the molecule is Oc1c(Br)cc(/C=N\n2cn[nH]c2=S)cc1Br. The van der Waals surface area contributed by atoms with E-state index >= 15 is 0 Å². The van der Waals surface area contributed by atoms with Crippen molar-refractivity contribution >= 4 is 50.3 Å². The highest BCUT2D eigenvalue weighted by molar-refractivity contribution is 9.11. The average molecular weight is 378 g/mol. The van der Waals surface area contributed by atoms with Crippen molar-refractivity contribution in [1.29, 1.82) is 0 Å². The van der Waals surface area contributed by atoms with Crippen molar-refractivity contribution in [3.63, 3.8) is 0 Å². The molecule has 0 radical (unpaired) electrons. The summed E-state index contributed by atoms with van der Waals surface area (Å²) in [7, 11) is 0. The Bertz CT molecular complexity index is 611. The summed E-state index contributed by atoms with van der Waals surface area (Å²) in [6, 6.07) is 3.49. The highest BCUT2D eigenvalue weighted by Crippen LogP contribution is 2.32. The Morgan fingerprint density at radius 1 is 1.41 bits per heavy atom. The van der Waals surface area contributed by atoms with Gasteiger partial charge in [0, 0.05) is 0 Å². The molecular formula is C9H6Br2N4OS. The molecule has 0 saturated carbocycles. The van der Waals surface area contributed by atoms with Gasteiger partial charge in [-0.25, -0.2) is 0 Å². The first kappa shape index (κ1) is 12.5. The molecule has 0 aliphatic heterocycles. The Balaban J connectivity index is 2.34. The third kappa shape index (κ3) is 2.82. The minimum atomic E-state index is 0.155. The van der Waals surface area contributed by atoms with E-state index in [2.05, 4.69) is 47.2 Å². The molecule has 1 heterocycles. The first-order valence-electron chi connectivity index (χ1n) is 4.42. The number of rotatable bonds is 2. The molecule has 0 unspecified atom stereocenters. The van der Waals surface area contributed by atoms with Crippen LogP contribution in [0, 0.1) is 4.77 Å². The number of halogens is 2. The fourth-order valence-corrected chi connectivity index (χ4v) is 2.48. The topological polar surface area (TPSA) is 66.2 Å². The molecule has 88 valence electrons. The number of nitrogens with one attached hydrogen (secondary N) is 1. The minimum Gasteiger partial charge on any atom is -0.506 e. The lowest BCUT2D eigenvalue weighted by molar-refractivity contribution is 0.468. The molecule has 17 heavy (non-hydrogen) atoms. The van der Waals surface area contributed by atoms with Crippen LogP contribution in [0.15, 0.2) is 32.5 Å². The van der Waals surface area contributed by atoms with Gasteiger partial charge in [0.15, 0.2) is 0 Å². The number of H-pyrrole nitrogens is 1.